The Kier molecular flexibility index (Phi) is 4.31. The number of para-hydroxylation sites is 2. The van der Waals surface area contributed by atoms with Gasteiger partial charge in [-0.05, 0) is 46.0 Å². The Morgan fingerprint density at radius 1 is 0.605 bits per heavy atom. The van der Waals surface area contributed by atoms with Gasteiger partial charge in [0.1, 0.15) is 5.82 Å². The quantitative estimate of drug-likeness (QED) is 0.238. The van der Waals surface area contributed by atoms with Gasteiger partial charge >= 0.3 is 0 Å². The number of aromatic nitrogens is 2. The third-order valence-electron chi connectivity index (χ3n) is 8.35. The summed E-state index contributed by atoms with van der Waals surface area (Å²) >= 11 is 0. The summed E-state index contributed by atoms with van der Waals surface area (Å²) in [5.74, 6) is 0.973. The Labute approximate surface area is 221 Å². The zero-order valence-electron chi connectivity index (χ0n) is 21.4. The second kappa shape index (κ2) is 7.66. The fraction of sp³-hybridized carbons (Fsp3) is 0.0833. The van der Waals surface area contributed by atoms with Crippen LogP contribution >= 0.6 is 0 Å². The SMILES string of the molecule is CC1(C)c2ccccc2-c2ccc3c4ccccc4n(-c4nc5ccccc5cc4-c4ccccc4)c3c21. The molecule has 0 saturated carbocycles. The van der Waals surface area contributed by atoms with Gasteiger partial charge in [0.2, 0.25) is 0 Å². The van der Waals surface area contributed by atoms with Gasteiger partial charge in [-0.15, -0.1) is 0 Å². The Balaban J connectivity index is 1.59. The van der Waals surface area contributed by atoms with Crippen LogP contribution in [-0.2, 0) is 5.41 Å². The van der Waals surface area contributed by atoms with Crippen molar-refractivity contribution < 1.29 is 0 Å². The normalized spacial score (nSPS) is 13.7. The highest BCUT2D eigenvalue weighted by molar-refractivity contribution is 6.13. The molecule has 180 valence electrons. The maximum Gasteiger partial charge on any atom is 0.146 e. The zero-order valence-corrected chi connectivity index (χ0v) is 21.4. The minimum absolute atomic E-state index is 0.138. The van der Waals surface area contributed by atoms with Crippen LogP contribution in [0.25, 0.3) is 60.8 Å². The number of hydrogen-bond acceptors (Lipinski definition) is 1. The van der Waals surface area contributed by atoms with Crippen molar-refractivity contribution in [3.8, 4) is 28.1 Å². The Morgan fingerprint density at radius 2 is 1.34 bits per heavy atom. The van der Waals surface area contributed by atoms with E-state index < -0.39 is 0 Å². The van der Waals surface area contributed by atoms with Gasteiger partial charge in [0.25, 0.3) is 0 Å². The van der Waals surface area contributed by atoms with E-state index in [1.54, 1.807) is 0 Å². The van der Waals surface area contributed by atoms with E-state index in [9.17, 15) is 0 Å². The number of fused-ring (bicyclic) bond motifs is 8. The van der Waals surface area contributed by atoms with E-state index in [1.807, 2.05) is 0 Å². The third-order valence-corrected chi connectivity index (χ3v) is 8.35. The molecule has 0 bridgehead atoms. The van der Waals surface area contributed by atoms with Gasteiger partial charge in [-0.1, -0.05) is 117 Å². The number of benzene rings is 5. The van der Waals surface area contributed by atoms with Crippen LogP contribution in [0.15, 0.2) is 121 Å². The fourth-order valence-electron chi connectivity index (χ4n) is 6.64. The summed E-state index contributed by atoms with van der Waals surface area (Å²) in [6.07, 6.45) is 0. The van der Waals surface area contributed by atoms with E-state index in [0.29, 0.717) is 0 Å². The molecule has 0 fully saturated rings. The van der Waals surface area contributed by atoms with Crippen molar-refractivity contribution in [3.05, 3.63) is 132 Å². The molecule has 1 aliphatic rings. The van der Waals surface area contributed by atoms with Crippen molar-refractivity contribution in [2.24, 2.45) is 0 Å². The van der Waals surface area contributed by atoms with Gasteiger partial charge in [-0.25, -0.2) is 4.98 Å². The van der Waals surface area contributed by atoms with E-state index in [4.69, 9.17) is 4.98 Å². The maximum absolute atomic E-state index is 5.38. The summed E-state index contributed by atoms with van der Waals surface area (Å²) in [6, 6.07) is 43.7. The van der Waals surface area contributed by atoms with E-state index in [2.05, 4.69) is 140 Å². The maximum atomic E-state index is 5.38. The summed E-state index contributed by atoms with van der Waals surface area (Å²) in [5.41, 5.74) is 11.0. The van der Waals surface area contributed by atoms with Crippen molar-refractivity contribution >= 4 is 32.7 Å². The summed E-state index contributed by atoms with van der Waals surface area (Å²) in [6.45, 7) is 4.73. The molecule has 0 N–H and O–H groups in total. The van der Waals surface area contributed by atoms with Crippen LogP contribution in [-0.4, -0.2) is 9.55 Å². The van der Waals surface area contributed by atoms with Crippen LogP contribution in [0, 0.1) is 0 Å². The van der Waals surface area contributed by atoms with Gasteiger partial charge in [0.05, 0.1) is 16.6 Å². The smallest absolute Gasteiger partial charge is 0.146 e. The molecule has 2 nitrogen and oxygen atoms in total. The molecule has 0 radical (unpaired) electrons. The zero-order chi connectivity index (χ0) is 25.4. The second-order valence-corrected chi connectivity index (χ2v) is 10.8. The number of rotatable bonds is 2. The first-order chi connectivity index (χ1) is 18.6. The lowest BCUT2D eigenvalue weighted by atomic mass is 9.81. The molecule has 38 heavy (non-hydrogen) atoms. The van der Waals surface area contributed by atoms with Gasteiger partial charge in [0.15, 0.2) is 0 Å². The van der Waals surface area contributed by atoms with Crippen LogP contribution in [0.2, 0.25) is 0 Å². The number of hydrogen-bond donors (Lipinski definition) is 0. The van der Waals surface area contributed by atoms with Crippen molar-refractivity contribution in [1.82, 2.24) is 9.55 Å². The molecule has 0 atom stereocenters. The lowest BCUT2D eigenvalue weighted by Gasteiger charge is -2.24. The lowest BCUT2D eigenvalue weighted by Crippen LogP contribution is -2.16. The minimum atomic E-state index is -0.138. The number of nitrogens with zero attached hydrogens (tertiary/aromatic N) is 2. The molecule has 0 saturated heterocycles. The first kappa shape index (κ1) is 21.4. The van der Waals surface area contributed by atoms with Crippen molar-refractivity contribution in [2.75, 3.05) is 0 Å². The molecular formula is C36H26N2. The molecule has 5 aromatic carbocycles. The van der Waals surface area contributed by atoms with E-state index in [-0.39, 0.29) is 5.41 Å². The Hall–Kier alpha value is -4.69. The Morgan fingerprint density at radius 3 is 2.24 bits per heavy atom. The molecule has 0 aliphatic heterocycles. The monoisotopic (exact) mass is 486 g/mol. The van der Waals surface area contributed by atoms with Gasteiger partial charge in [-0.3, -0.25) is 4.57 Å². The summed E-state index contributed by atoms with van der Waals surface area (Å²) in [5, 5.41) is 3.68. The summed E-state index contributed by atoms with van der Waals surface area (Å²) in [7, 11) is 0. The van der Waals surface area contributed by atoms with Gasteiger partial charge in [-0.2, -0.15) is 0 Å². The molecule has 0 amide bonds. The molecule has 1 aliphatic carbocycles. The lowest BCUT2D eigenvalue weighted by molar-refractivity contribution is 0.663. The van der Waals surface area contributed by atoms with Gasteiger partial charge in [0, 0.05) is 27.1 Å². The largest absolute Gasteiger partial charge is 0.293 e. The first-order valence-corrected chi connectivity index (χ1v) is 13.2. The molecular weight excluding hydrogens is 460 g/mol. The van der Waals surface area contributed by atoms with E-state index >= 15 is 0 Å². The summed E-state index contributed by atoms with van der Waals surface area (Å²) < 4.78 is 2.44. The Bertz CT molecular complexity index is 2040. The highest BCUT2D eigenvalue weighted by atomic mass is 15.1. The van der Waals surface area contributed by atoms with Crippen LogP contribution in [0.1, 0.15) is 25.0 Å². The van der Waals surface area contributed by atoms with Crippen LogP contribution in [0.3, 0.4) is 0 Å². The van der Waals surface area contributed by atoms with Crippen LogP contribution in [0.5, 0.6) is 0 Å². The van der Waals surface area contributed by atoms with E-state index in [0.717, 1.165) is 22.3 Å². The average Bonchev–Trinajstić information content (AvgIpc) is 3.42. The highest BCUT2D eigenvalue weighted by Gasteiger charge is 2.38. The molecule has 2 heteroatoms. The van der Waals surface area contributed by atoms with Crippen LogP contribution in [0.4, 0.5) is 0 Å². The number of pyridine rings is 1. The third kappa shape index (κ3) is 2.80. The topological polar surface area (TPSA) is 17.8 Å². The molecule has 2 heterocycles. The first-order valence-electron chi connectivity index (χ1n) is 13.2. The van der Waals surface area contributed by atoms with Crippen molar-refractivity contribution in [2.45, 2.75) is 19.3 Å². The average molecular weight is 487 g/mol. The second-order valence-electron chi connectivity index (χ2n) is 10.8. The minimum Gasteiger partial charge on any atom is -0.293 e. The van der Waals surface area contributed by atoms with Crippen molar-refractivity contribution in [1.29, 1.82) is 0 Å². The van der Waals surface area contributed by atoms with E-state index in [1.165, 1.54) is 49.6 Å². The standard InChI is InChI=1S/C36H26N2/c1-36(2)30-17-9-7-15-25(30)27-20-21-28-26-16-8-11-19-32(26)38(34(28)33(27)36)35-29(23-12-4-3-5-13-23)22-24-14-6-10-18-31(24)37-35/h3-22H,1-2H3. The van der Waals surface area contributed by atoms with Gasteiger partial charge < -0.3 is 0 Å². The predicted octanol–water partition coefficient (Wildman–Crippen LogP) is 9.31. The molecule has 8 rings (SSSR count). The highest BCUT2D eigenvalue weighted by Crippen LogP contribution is 2.53. The fourth-order valence-corrected chi connectivity index (χ4v) is 6.64. The summed E-state index contributed by atoms with van der Waals surface area (Å²) in [4.78, 5) is 5.38. The molecule has 2 aromatic heterocycles. The molecule has 0 spiro atoms. The van der Waals surface area contributed by atoms with Crippen LogP contribution < -0.4 is 0 Å². The molecule has 0 unspecified atom stereocenters. The van der Waals surface area contributed by atoms with Crippen molar-refractivity contribution in [3.63, 3.8) is 0 Å². The molecule has 7 aromatic rings. The predicted molar refractivity (Wildman–Crippen MR) is 159 cm³/mol.